The summed E-state index contributed by atoms with van der Waals surface area (Å²) in [4.78, 5) is 15.1. The molecule has 0 aliphatic carbocycles. The molecular formula is C13H14N2OS2. The second-order valence-electron chi connectivity index (χ2n) is 4.40. The number of hydrogen-bond acceptors (Lipinski definition) is 4. The second-order valence-corrected chi connectivity index (χ2v) is 6.12. The summed E-state index contributed by atoms with van der Waals surface area (Å²) in [5, 5.41) is 9.59. The van der Waals surface area contributed by atoms with Crippen LogP contribution in [0, 0.1) is 6.92 Å². The van der Waals surface area contributed by atoms with Crippen molar-refractivity contribution in [1.29, 1.82) is 0 Å². The van der Waals surface area contributed by atoms with Crippen LogP contribution in [0.5, 0.6) is 0 Å². The molecule has 3 rings (SSSR count). The Hall–Kier alpha value is -1.17. The Morgan fingerprint density at radius 1 is 1.50 bits per heavy atom. The summed E-state index contributed by atoms with van der Waals surface area (Å²) in [6.45, 7) is 3.23. The van der Waals surface area contributed by atoms with Gasteiger partial charge in [-0.1, -0.05) is 6.07 Å². The molecule has 18 heavy (non-hydrogen) atoms. The molecule has 1 saturated heterocycles. The smallest absolute Gasteiger partial charge is 0.238 e. The van der Waals surface area contributed by atoms with Gasteiger partial charge in [-0.3, -0.25) is 10.1 Å². The molecule has 5 heteroatoms. The third-order valence-corrected chi connectivity index (χ3v) is 5.03. The molecule has 1 N–H and O–H groups in total. The van der Waals surface area contributed by atoms with Crippen molar-refractivity contribution in [2.75, 3.05) is 6.54 Å². The summed E-state index contributed by atoms with van der Waals surface area (Å²) < 4.78 is 0. The first-order valence-corrected chi connectivity index (χ1v) is 7.66. The molecule has 94 valence electrons. The molecule has 1 atom stereocenters. The van der Waals surface area contributed by atoms with Crippen LogP contribution < -0.4 is 5.32 Å². The minimum Gasteiger partial charge on any atom is -0.317 e. The Balaban J connectivity index is 1.84. The SMILES string of the molecule is Cc1cscc1CN1C(=O)CNC1c1cccs1. The van der Waals surface area contributed by atoms with E-state index in [0.717, 1.165) is 0 Å². The lowest BCUT2D eigenvalue weighted by Crippen LogP contribution is -2.29. The number of thiophene rings is 2. The van der Waals surface area contributed by atoms with Gasteiger partial charge in [-0.05, 0) is 40.3 Å². The third-order valence-electron chi connectivity index (χ3n) is 3.19. The molecule has 3 nitrogen and oxygen atoms in total. The standard InChI is InChI=1S/C13H14N2OS2/c1-9-7-17-8-10(9)6-15-12(16)5-14-13(15)11-3-2-4-18-11/h2-4,7-8,13-14H,5-6H2,1H3. The fourth-order valence-electron chi connectivity index (χ4n) is 2.15. The lowest BCUT2D eigenvalue weighted by molar-refractivity contribution is -0.128. The molecule has 2 aromatic heterocycles. The first-order chi connectivity index (χ1) is 8.75. The van der Waals surface area contributed by atoms with Gasteiger partial charge in [-0.25, -0.2) is 0 Å². The van der Waals surface area contributed by atoms with Crippen molar-refractivity contribution < 1.29 is 4.79 Å². The second kappa shape index (κ2) is 4.84. The number of aryl methyl sites for hydroxylation is 1. The normalized spacial score (nSPS) is 19.7. The van der Waals surface area contributed by atoms with Gasteiger partial charge in [-0.2, -0.15) is 11.3 Å². The van der Waals surface area contributed by atoms with Gasteiger partial charge in [-0.15, -0.1) is 11.3 Å². The van der Waals surface area contributed by atoms with E-state index in [4.69, 9.17) is 0 Å². The predicted octanol–water partition coefficient (Wildman–Crippen LogP) is 2.75. The van der Waals surface area contributed by atoms with Gasteiger partial charge in [0, 0.05) is 11.4 Å². The van der Waals surface area contributed by atoms with Crippen LogP contribution in [-0.4, -0.2) is 17.4 Å². The first-order valence-electron chi connectivity index (χ1n) is 5.83. The summed E-state index contributed by atoms with van der Waals surface area (Å²) in [7, 11) is 0. The molecule has 1 unspecified atom stereocenters. The number of nitrogens with one attached hydrogen (secondary N) is 1. The van der Waals surface area contributed by atoms with Crippen molar-refractivity contribution in [3.63, 3.8) is 0 Å². The van der Waals surface area contributed by atoms with Crippen LogP contribution in [0.2, 0.25) is 0 Å². The zero-order chi connectivity index (χ0) is 12.5. The van der Waals surface area contributed by atoms with E-state index in [1.807, 2.05) is 16.3 Å². The molecule has 0 aromatic carbocycles. The van der Waals surface area contributed by atoms with Gasteiger partial charge in [0.1, 0.15) is 6.17 Å². The van der Waals surface area contributed by atoms with E-state index in [9.17, 15) is 4.79 Å². The lowest BCUT2D eigenvalue weighted by Gasteiger charge is -2.23. The monoisotopic (exact) mass is 278 g/mol. The van der Waals surface area contributed by atoms with Gasteiger partial charge in [0.05, 0.1) is 6.54 Å². The minimum absolute atomic E-state index is 0.0387. The Morgan fingerprint density at radius 2 is 2.39 bits per heavy atom. The number of carbonyl (C=O) groups excluding carboxylic acids is 1. The zero-order valence-electron chi connectivity index (χ0n) is 10.1. The third kappa shape index (κ3) is 2.09. The lowest BCUT2D eigenvalue weighted by atomic mass is 10.2. The Bertz CT molecular complexity index is 547. The summed E-state index contributed by atoms with van der Waals surface area (Å²) in [6, 6.07) is 4.10. The topological polar surface area (TPSA) is 32.3 Å². The first kappa shape index (κ1) is 11.9. The van der Waals surface area contributed by atoms with Gasteiger partial charge >= 0.3 is 0 Å². The Kier molecular flexibility index (Phi) is 3.20. The van der Waals surface area contributed by atoms with E-state index < -0.39 is 0 Å². The fourth-order valence-corrected chi connectivity index (χ4v) is 3.81. The van der Waals surface area contributed by atoms with E-state index in [0.29, 0.717) is 13.1 Å². The molecule has 1 aliphatic heterocycles. The molecule has 0 spiro atoms. The van der Waals surface area contributed by atoms with E-state index in [1.165, 1.54) is 16.0 Å². The van der Waals surface area contributed by atoms with Gasteiger partial charge in [0.15, 0.2) is 0 Å². The van der Waals surface area contributed by atoms with E-state index in [2.05, 4.69) is 29.1 Å². The summed E-state index contributed by atoms with van der Waals surface area (Å²) >= 11 is 3.38. The molecule has 0 bridgehead atoms. The van der Waals surface area contributed by atoms with Crippen molar-refractivity contribution in [2.45, 2.75) is 19.6 Å². The van der Waals surface area contributed by atoms with Crippen molar-refractivity contribution >= 4 is 28.6 Å². The summed E-state index contributed by atoms with van der Waals surface area (Å²) in [5.74, 6) is 0.180. The highest BCUT2D eigenvalue weighted by Gasteiger charge is 2.32. The average Bonchev–Trinajstić information content (AvgIpc) is 3.04. The molecule has 0 radical (unpaired) electrons. The minimum atomic E-state index is 0.0387. The van der Waals surface area contributed by atoms with Crippen molar-refractivity contribution in [1.82, 2.24) is 10.2 Å². The fraction of sp³-hybridized carbons (Fsp3) is 0.308. The van der Waals surface area contributed by atoms with Crippen LogP contribution in [0.4, 0.5) is 0 Å². The van der Waals surface area contributed by atoms with Gasteiger partial charge in [0.25, 0.3) is 0 Å². The molecule has 1 aliphatic rings. The van der Waals surface area contributed by atoms with Crippen molar-refractivity contribution in [2.24, 2.45) is 0 Å². The largest absolute Gasteiger partial charge is 0.317 e. The number of amides is 1. The van der Waals surface area contributed by atoms with Crippen molar-refractivity contribution in [3.05, 3.63) is 44.3 Å². The molecule has 3 heterocycles. The summed E-state index contributed by atoms with van der Waals surface area (Å²) in [6.07, 6.45) is 0.0387. The van der Waals surface area contributed by atoms with E-state index >= 15 is 0 Å². The predicted molar refractivity (Wildman–Crippen MR) is 74.7 cm³/mol. The highest BCUT2D eigenvalue weighted by atomic mass is 32.1. The van der Waals surface area contributed by atoms with Crippen LogP contribution in [-0.2, 0) is 11.3 Å². The molecule has 0 saturated carbocycles. The molecule has 1 amide bonds. The quantitative estimate of drug-likeness (QED) is 0.936. The number of hydrogen-bond donors (Lipinski definition) is 1. The Labute approximate surface area is 114 Å². The molecule has 2 aromatic rings. The van der Waals surface area contributed by atoms with Gasteiger partial charge in [0.2, 0.25) is 5.91 Å². The van der Waals surface area contributed by atoms with Crippen LogP contribution >= 0.6 is 22.7 Å². The zero-order valence-corrected chi connectivity index (χ0v) is 11.7. The molecule has 1 fully saturated rings. The number of carbonyl (C=O) groups is 1. The maximum absolute atomic E-state index is 12.0. The van der Waals surface area contributed by atoms with Crippen LogP contribution in [0.1, 0.15) is 22.2 Å². The maximum Gasteiger partial charge on any atom is 0.238 e. The van der Waals surface area contributed by atoms with Gasteiger partial charge < -0.3 is 4.90 Å². The molecular weight excluding hydrogens is 264 g/mol. The maximum atomic E-state index is 12.0. The Morgan fingerprint density at radius 3 is 3.06 bits per heavy atom. The van der Waals surface area contributed by atoms with Crippen LogP contribution in [0.25, 0.3) is 0 Å². The highest BCUT2D eigenvalue weighted by Crippen LogP contribution is 2.28. The average molecular weight is 278 g/mol. The van der Waals surface area contributed by atoms with Crippen LogP contribution in [0.3, 0.4) is 0 Å². The highest BCUT2D eigenvalue weighted by molar-refractivity contribution is 7.10. The van der Waals surface area contributed by atoms with E-state index in [-0.39, 0.29) is 12.1 Å². The van der Waals surface area contributed by atoms with Crippen LogP contribution in [0.15, 0.2) is 28.3 Å². The number of nitrogens with zero attached hydrogens (tertiary/aromatic N) is 1. The van der Waals surface area contributed by atoms with Crippen molar-refractivity contribution in [3.8, 4) is 0 Å². The number of rotatable bonds is 3. The summed E-state index contributed by atoms with van der Waals surface area (Å²) in [5.41, 5.74) is 2.52. The van der Waals surface area contributed by atoms with E-state index in [1.54, 1.807) is 22.7 Å².